The van der Waals surface area contributed by atoms with Gasteiger partial charge >= 0.3 is 12.0 Å². The minimum Gasteiger partial charge on any atom is -0.480 e. The summed E-state index contributed by atoms with van der Waals surface area (Å²) < 4.78 is 5.44. The minimum absolute atomic E-state index is 0.0794. The summed E-state index contributed by atoms with van der Waals surface area (Å²) in [6.45, 7) is 3.06. The van der Waals surface area contributed by atoms with Crippen molar-refractivity contribution in [2.45, 2.75) is 43.9 Å². The number of methoxy groups -OCH3 is 1. The maximum absolute atomic E-state index is 12.5. The molecule has 0 bridgehead atoms. The number of carbonyl (C=O) groups excluding carboxylic acids is 1. The number of ether oxygens (including phenoxy) is 1. The molecule has 2 saturated heterocycles. The molecule has 2 N–H and O–H groups in total. The highest BCUT2D eigenvalue weighted by Crippen LogP contribution is 2.27. The first-order chi connectivity index (χ1) is 9.36. The molecule has 3 atom stereocenters. The van der Waals surface area contributed by atoms with Crippen molar-refractivity contribution >= 4 is 12.0 Å². The van der Waals surface area contributed by atoms with Gasteiger partial charge in [0.2, 0.25) is 0 Å². The Balaban J connectivity index is 2.08. The van der Waals surface area contributed by atoms with Gasteiger partial charge in [0.15, 0.2) is 0 Å². The van der Waals surface area contributed by atoms with Crippen LogP contribution in [0.4, 0.5) is 4.79 Å². The van der Waals surface area contributed by atoms with Crippen LogP contribution in [0.25, 0.3) is 0 Å². The highest BCUT2D eigenvalue weighted by Gasteiger charge is 2.42. The Hall–Kier alpha value is -1.34. The van der Waals surface area contributed by atoms with Crippen molar-refractivity contribution in [3.05, 3.63) is 0 Å². The second-order valence-corrected chi connectivity index (χ2v) is 5.86. The molecule has 2 heterocycles. The Bertz CT molecular complexity index is 402. The van der Waals surface area contributed by atoms with Crippen LogP contribution in [0.1, 0.15) is 26.2 Å². The Morgan fingerprint density at radius 3 is 2.70 bits per heavy atom. The summed E-state index contributed by atoms with van der Waals surface area (Å²) in [6, 6.07) is -1.26. The molecule has 7 heteroatoms. The summed E-state index contributed by atoms with van der Waals surface area (Å²) in [6.07, 6.45) is 1.03. The highest BCUT2D eigenvalue weighted by atomic mass is 16.5. The number of carboxylic acids is 1. The van der Waals surface area contributed by atoms with E-state index in [0.717, 1.165) is 12.8 Å². The maximum atomic E-state index is 12.5. The number of hydrogen-bond donors (Lipinski definition) is 2. The van der Waals surface area contributed by atoms with E-state index in [1.807, 2.05) is 6.92 Å². The molecule has 2 fully saturated rings. The van der Waals surface area contributed by atoms with Crippen LogP contribution in [-0.2, 0) is 9.53 Å². The molecule has 0 aliphatic carbocycles. The largest absolute Gasteiger partial charge is 0.480 e. The summed E-state index contributed by atoms with van der Waals surface area (Å²) in [5.41, 5.74) is -0.384. The number of urea groups is 1. The lowest BCUT2D eigenvalue weighted by Gasteiger charge is -2.41. The van der Waals surface area contributed by atoms with E-state index in [4.69, 9.17) is 9.84 Å². The average molecular weight is 286 g/mol. The zero-order valence-corrected chi connectivity index (χ0v) is 11.9. The monoisotopic (exact) mass is 286 g/mol. The van der Waals surface area contributed by atoms with E-state index in [1.165, 1.54) is 4.90 Å². The van der Waals surface area contributed by atoms with Crippen LogP contribution in [0.5, 0.6) is 0 Å². The lowest BCUT2D eigenvalue weighted by atomic mass is 9.95. The van der Waals surface area contributed by atoms with E-state index in [0.29, 0.717) is 13.1 Å². The van der Waals surface area contributed by atoms with Crippen LogP contribution in [0.2, 0.25) is 0 Å². The number of carbonyl (C=O) groups is 2. The molecule has 2 amide bonds. The lowest BCUT2D eigenvalue weighted by molar-refractivity contribution is -0.141. The molecule has 0 aromatic heterocycles. The molecule has 0 saturated carbocycles. The van der Waals surface area contributed by atoms with Crippen LogP contribution in [0, 0.1) is 0 Å². The molecule has 2 aliphatic rings. The normalized spacial score (nSPS) is 34.4. The molecule has 0 aromatic rings. The van der Waals surface area contributed by atoms with Crippen LogP contribution >= 0.6 is 0 Å². The van der Waals surface area contributed by atoms with E-state index < -0.39 is 18.1 Å². The third-order valence-corrected chi connectivity index (χ3v) is 4.23. The Morgan fingerprint density at radius 2 is 2.10 bits per heavy atom. The third-order valence-electron chi connectivity index (χ3n) is 4.23. The number of nitrogens with zero attached hydrogens (tertiary/aromatic N) is 2. The van der Waals surface area contributed by atoms with Crippen molar-refractivity contribution in [1.82, 2.24) is 9.80 Å². The minimum atomic E-state index is -1.07. The number of amides is 2. The Kier molecular flexibility index (Phi) is 4.19. The molecule has 0 spiro atoms. The van der Waals surface area contributed by atoms with Gasteiger partial charge in [-0.05, 0) is 19.8 Å². The molecule has 2 rings (SSSR count). The molecule has 114 valence electrons. The van der Waals surface area contributed by atoms with Crippen molar-refractivity contribution in [2.24, 2.45) is 0 Å². The first-order valence-electron chi connectivity index (χ1n) is 6.88. The number of aliphatic hydroxyl groups is 1. The summed E-state index contributed by atoms with van der Waals surface area (Å²) in [5.74, 6) is -1.07. The predicted molar refractivity (Wildman–Crippen MR) is 70.4 cm³/mol. The maximum Gasteiger partial charge on any atom is 0.326 e. The van der Waals surface area contributed by atoms with Gasteiger partial charge < -0.3 is 24.7 Å². The fourth-order valence-corrected chi connectivity index (χ4v) is 2.98. The number of hydrogen-bond acceptors (Lipinski definition) is 4. The molecule has 7 nitrogen and oxygen atoms in total. The van der Waals surface area contributed by atoms with Gasteiger partial charge in [-0.25, -0.2) is 9.59 Å². The van der Waals surface area contributed by atoms with Crippen molar-refractivity contribution in [1.29, 1.82) is 0 Å². The van der Waals surface area contributed by atoms with Crippen molar-refractivity contribution in [3.63, 3.8) is 0 Å². The van der Waals surface area contributed by atoms with E-state index in [1.54, 1.807) is 12.0 Å². The number of piperidine rings is 1. The van der Waals surface area contributed by atoms with Crippen molar-refractivity contribution < 1.29 is 24.5 Å². The van der Waals surface area contributed by atoms with Crippen molar-refractivity contribution in [2.75, 3.05) is 26.7 Å². The number of rotatable bonds is 2. The number of carboxylic acid groups (broad SMARTS) is 1. The number of β-amino-alcohol motifs (C(OH)–C–C–N with tert-alkyl or cyclic N) is 1. The SMILES string of the molecule is COC1(C)CCCN(C(=O)N2C[C@@H](O)C[C@H]2C(=O)O)C1. The summed E-state index contributed by atoms with van der Waals surface area (Å²) in [7, 11) is 1.62. The van der Waals surface area contributed by atoms with Gasteiger partial charge in [-0.3, -0.25) is 0 Å². The van der Waals surface area contributed by atoms with E-state index in [-0.39, 0.29) is 24.6 Å². The molecule has 20 heavy (non-hydrogen) atoms. The molecular formula is C13H22N2O5. The highest BCUT2D eigenvalue weighted by molar-refractivity contribution is 5.83. The standard InChI is InChI=1S/C13H22N2O5/c1-13(20-2)4-3-5-14(8-13)12(19)15-7-9(16)6-10(15)11(17)18/h9-10,16H,3-8H2,1-2H3,(H,17,18)/t9-,10-,13?/m0/s1. The van der Waals surface area contributed by atoms with Gasteiger partial charge in [0, 0.05) is 26.6 Å². The zero-order chi connectivity index (χ0) is 14.9. The van der Waals surface area contributed by atoms with Crippen LogP contribution in [-0.4, -0.2) is 76.5 Å². The number of aliphatic carboxylic acids is 1. The van der Waals surface area contributed by atoms with E-state index in [9.17, 15) is 14.7 Å². The van der Waals surface area contributed by atoms with Crippen LogP contribution in [0.3, 0.4) is 0 Å². The fourth-order valence-electron chi connectivity index (χ4n) is 2.98. The summed E-state index contributed by atoms with van der Waals surface area (Å²) in [4.78, 5) is 26.6. The molecule has 2 aliphatic heterocycles. The second-order valence-electron chi connectivity index (χ2n) is 5.86. The summed E-state index contributed by atoms with van der Waals surface area (Å²) in [5, 5.41) is 18.8. The topological polar surface area (TPSA) is 90.3 Å². The van der Waals surface area contributed by atoms with Gasteiger partial charge in [-0.15, -0.1) is 0 Å². The Morgan fingerprint density at radius 1 is 1.40 bits per heavy atom. The van der Waals surface area contributed by atoms with Crippen LogP contribution in [0.15, 0.2) is 0 Å². The quantitative estimate of drug-likeness (QED) is 0.753. The smallest absolute Gasteiger partial charge is 0.326 e. The van der Waals surface area contributed by atoms with Gasteiger partial charge in [-0.1, -0.05) is 0 Å². The second kappa shape index (κ2) is 5.57. The fraction of sp³-hybridized carbons (Fsp3) is 0.846. The summed E-state index contributed by atoms with van der Waals surface area (Å²) >= 11 is 0. The van der Waals surface area contributed by atoms with Crippen molar-refractivity contribution in [3.8, 4) is 0 Å². The number of likely N-dealkylation sites (tertiary alicyclic amines) is 2. The Labute approximate surface area is 118 Å². The zero-order valence-electron chi connectivity index (χ0n) is 11.9. The molecule has 0 aromatic carbocycles. The number of aliphatic hydroxyl groups excluding tert-OH is 1. The lowest BCUT2D eigenvalue weighted by Crippen LogP contribution is -2.55. The first-order valence-corrected chi connectivity index (χ1v) is 6.88. The molecule has 0 radical (unpaired) electrons. The first kappa shape index (κ1) is 15.1. The van der Waals surface area contributed by atoms with Gasteiger partial charge in [0.25, 0.3) is 0 Å². The predicted octanol–water partition coefficient (Wildman–Crippen LogP) is 0.127. The molecular weight excluding hydrogens is 264 g/mol. The van der Waals surface area contributed by atoms with Crippen LogP contribution < -0.4 is 0 Å². The average Bonchev–Trinajstić information content (AvgIpc) is 2.80. The van der Waals surface area contributed by atoms with Gasteiger partial charge in [0.05, 0.1) is 18.2 Å². The van der Waals surface area contributed by atoms with Gasteiger partial charge in [-0.2, -0.15) is 0 Å². The molecule has 1 unspecified atom stereocenters. The van der Waals surface area contributed by atoms with E-state index in [2.05, 4.69) is 0 Å². The van der Waals surface area contributed by atoms with E-state index >= 15 is 0 Å². The van der Waals surface area contributed by atoms with Gasteiger partial charge in [0.1, 0.15) is 6.04 Å². The third kappa shape index (κ3) is 2.88.